The van der Waals surface area contributed by atoms with E-state index in [0.717, 1.165) is 22.3 Å². The zero-order chi connectivity index (χ0) is 55.5. The standard InChI is InChI=1S/C66H63BF6O3P2/c1-63(2,3)52-41-37-50(38-42-52)48-77(57-25-13-7-14-26-57,58-27-15-8-16-28-58,59-29-17-9-18-30-59)75-67(74-56-46-54(65(68,69)70)45-55(47-56)66(71,72)73)76-78(60-31-19-10-20-32-60,61-33-21-11-22-34-61,62-35-23-12-24-36-62)49-51-39-43-53(44-40-51)64(4,5)6/h7-47H,48-49H2,1-6H3. The topological polar surface area (TPSA) is 27.7 Å². The summed E-state index contributed by atoms with van der Waals surface area (Å²) in [5.74, 6) is -0.761. The Balaban J connectivity index is 1.47. The van der Waals surface area contributed by atoms with E-state index in [2.05, 4.69) is 90.1 Å². The van der Waals surface area contributed by atoms with Crippen LogP contribution in [-0.4, -0.2) is 7.32 Å². The average Bonchev–Trinajstić information content (AvgIpc) is 3.58. The van der Waals surface area contributed by atoms with Crippen molar-refractivity contribution in [2.24, 2.45) is 0 Å². The summed E-state index contributed by atoms with van der Waals surface area (Å²) in [7, 11) is -2.09. The fourth-order valence-corrected chi connectivity index (χ4v) is 22.2. The normalized spacial score (nSPS) is 13.6. The molecule has 0 aliphatic rings. The first-order valence-corrected chi connectivity index (χ1v) is 30.6. The van der Waals surface area contributed by atoms with Crippen molar-refractivity contribution in [2.75, 3.05) is 0 Å². The summed E-state index contributed by atoms with van der Waals surface area (Å²) in [4.78, 5) is 0. The number of hydrogen-bond acceptors (Lipinski definition) is 3. The molecule has 78 heavy (non-hydrogen) atoms. The molecular formula is C66H63BF6O3P2. The zero-order valence-corrected chi connectivity index (χ0v) is 46.3. The van der Waals surface area contributed by atoms with Crippen LogP contribution in [0.2, 0.25) is 0 Å². The quantitative estimate of drug-likeness (QED) is 0.0548. The monoisotopic (exact) mass is 1090 g/mol. The van der Waals surface area contributed by atoms with Gasteiger partial charge in [0.2, 0.25) is 0 Å². The Morgan fingerprint density at radius 3 is 0.782 bits per heavy atom. The number of alkyl halides is 6. The van der Waals surface area contributed by atoms with Gasteiger partial charge >= 0.3 is 458 Å². The fraction of sp³-hybridized carbons (Fsp3) is 0.182. The van der Waals surface area contributed by atoms with Gasteiger partial charge in [-0.2, -0.15) is 0 Å². The van der Waals surface area contributed by atoms with Gasteiger partial charge < -0.3 is 0 Å². The molecular weight excluding hydrogens is 1030 g/mol. The summed E-state index contributed by atoms with van der Waals surface area (Å²) in [6.07, 6.45) is -10.1. The SMILES string of the molecule is CC(C)(C)c1ccc(CP(OB(Oc2cc(C(F)(F)F)cc(C(F)(F)F)c2)OP(Cc2ccc(C(C)(C)C)cc2)(c2ccccc2)(c2ccccc2)c2ccccc2)(c2ccccc2)(c2ccccc2)c2ccccc2)cc1. The van der Waals surface area contributed by atoms with Crippen LogP contribution in [0.4, 0.5) is 26.3 Å². The first-order valence-electron chi connectivity index (χ1n) is 25.9. The molecule has 0 radical (unpaired) electrons. The van der Waals surface area contributed by atoms with E-state index < -0.39 is 50.2 Å². The molecule has 3 nitrogen and oxygen atoms in total. The minimum absolute atomic E-state index is 0.0991. The van der Waals surface area contributed by atoms with Gasteiger partial charge in [0.1, 0.15) is 0 Å². The van der Waals surface area contributed by atoms with E-state index in [1.807, 2.05) is 182 Å². The summed E-state index contributed by atoms with van der Waals surface area (Å²) < 4.78 is 114. The molecule has 9 aromatic rings. The van der Waals surface area contributed by atoms with Gasteiger partial charge in [0.25, 0.3) is 0 Å². The van der Waals surface area contributed by atoms with Crippen LogP contribution in [0.5, 0.6) is 5.75 Å². The molecule has 12 heteroatoms. The van der Waals surface area contributed by atoms with Crippen molar-refractivity contribution in [1.29, 1.82) is 0 Å². The first kappa shape index (κ1) is 55.9. The van der Waals surface area contributed by atoms with Crippen LogP contribution in [0.1, 0.15) is 74.9 Å². The van der Waals surface area contributed by atoms with Gasteiger partial charge in [-0.05, 0) is 0 Å². The number of hydrogen-bond donors (Lipinski definition) is 0. The molecule has 0 spiro atoms. The summed E-state index contributed by atoms with van der Waals surface area (Å²) in [6, 6.07) is 75.9. The van der Waals surface area contributed by atoms with Crippen molar-refractivity contribution in [3.63, 3.8) is 0 Å². The Kier molecular flexibility index (Phi) is 15.4. The van der Waals surface area contributed by atoms with Crippen molar-refractivity contribution >= 4 is 52.8 Å². The average molecular weight is 1090 g/mol. The Hall–Kier alpha value is -6.80. The van der Waals surface area contributed by atoms with E-state index in [1.54, 1.807) is 0 Å². The van der Waals surface area contributed by atoms with Crippen LogP contribution >= 0.6 is 13.7 Å². The van der Waals surface area contributed by atoms with Crippen LogP contribution in [0.3, 0.4) is 0 Å². The van der Waals surface area contributed by atoms with Crippen molar-refractivity contribution in [2.45, 2.75) is 77.0 Å². The first-order chi connectivity index (χ1) is 37.0. The maximum absolute atomic E-state index is 15.1. The molecule has 0 saturated heterocycles. The third kappa shape index (κ3) is 10.7. The molecule has 0 unspecified atom stereocenters. The van der Waals surface area contributed by atoms with Crippen LogP contribution in [0, 0.1) is 0 Å². The minimum atomic E-state index is -5.20. The Labute approximate surface area is 455 Å². The third-order valence-electron chi connectivity index (χ3n) is 14.9. The van der Waals surface area contributed by atoms with E-state index in [1.165, 1.54) is 0 Å². The molecule has 0 heterocycles. The van der Waals surface area contributed by atoms with Crippen LogP contribution < -0.4 is 36.5 Å². The molecule has 0 bridgehead atoms. The molecule has 0 aliphatic carbocycles. The fourth-order valence-electron chi connectivity index (χ4n) is 10.8. The van der Waals surface area contributed by atoms with E-state index in [-0.39, 0.29) is 29.2 Å². The molecule has 9 aromatic carbocycles. The predicted molar refractivity (Wildman–Crippen MR) is 313 cm³/mol. The van der Waals surface area contributed by atoms with Crippen molar-refractivity contribution in [3.05, 3.63) is 282 Å². The molecule has 0 N–H and O–H groups in total. The van der Waals surface area contributed by atoms with Crippen molar-refractivity contribution < 1.29 is 39.9 Å². The van der Waals surface area contributed by atoms with E-state index in [0.29, 0.717) is 44.0 Å². The van der Waals surface area contributed by atoms with Gasteiger partial charge in [0.05, 0.1) is 0 Å². The Morgan fingerprint density at radius 1 is 0.321 bits per heavy atom. The number of rotatable bonds is 16. The van der Waals surface area contributed by atoms with Gasteiger partial charge in [-0.3, -0.25) is 0 Å². The molecule has 9 rings (SSSR count). The summed E-state index contributed by atoms with van der Waals surface area (Å²) in [5, 5.41) is 4.22. The Morgan fingerprint density at radius 2 is 0.564 bits per heavy atom. The summed E-state index contributed by atoms with van der Waals surface area (Å²) in [5.41, 5.74) is 0.357. The van der Waals surface area contributed by atoms with Crippen molar-refractivity contribution in [1.82, 2.24) is 0 Å². The summed E-state index contributed by atoms with van der Waals surface area (Å²) in [6.45, 7) is 3.04. The second-order valence-electron chi connectivity index (χ2n) is 22.0. The van der Waals surface area contributed by atoms with Gasteiger partial charge in [0, 0.05) is 0 Å². The van der Waals surface area contributed by atoms with Gasteiger partial charge in [-0.25, -0.2) is 0 Å². The molecule has 400 valence electrons. The van der Waals surface area contributed by atoms with Crippen LogP contribution in [0.25, 0.3) is 0 Å². The van der Waals surface area contributed by atoms with Crippen molar-refractivity contribution in [3.8, 4) is 5.75 Å². The molecule has 0 saturated carbocycles. The van der Waals surface area contributed by atoms with E-state index in [4.69, 9.17) is 13.5 Å². The van der Waals surface area contributed by atoms with E-state index >= 15 is 26.3 Å². The number of benzene rings is 9. The van der Waals surface area contributed by atoms with Gasteiger partial charge in [-0.15, -0.1) is 0 Å². The number of halogens is 6. The van der Waals surface area contributed by atoms with Crippen LogP contribution in [-0.2, 0) is 44.4 Å². The van der Waals surface area contributed by atoms with Gasteiger partial charge in [0.15, 0.2) is 0 Å². The van der Waals surface area contributed by atoms with Gasteiger partial charge in [-0.1, -0.05) is 0 Å². The molecule has 0 aromatic heterocycles. The molecule has 0 fully saturated rings. The second-order valence-corrected chi connectivity index (χ2v) is 31.0. The molecule has 0 amide bonds. The molecule has 0 atom stereocenters. The van der Waals surface area contributed by atoms with E-state index in [9.17, 15) is 0 Å². The second kappa shape index (κ2) is 21.4. The maximum atomic E-state index is 15.1. The zero-order valence-electron chi connectivity index (χ0n) is 44.5. The Bertz CT molecular complexity index is 3000. The summed E-state index contributed by atoms with van der Waals surface area (Å²) >= 11 is 0. The third-order valence-corrected chi connectivity index (χ3v) is 26.4. The predicted octanol–water partition coefficient (Wildman–Crippen LogP) is 16.0. The molecule has 0 aliphatic heterocycles. The van der Waals surface area contributed by atoms with Crippen LogP contribution in [0.15, 0.2) is 249 Å².